The highest BCUT2D eigenvalue weighted by Crippen LogP contribution is 2.18. The molecular weight excluding hydrogens is 272 g/mol. The minimum atomic E-state index is -0.0825. The van der Waals surface area contributed by atoms with Crippen LogP contribution >= 0.6 is 15.9 Å². The summed E-state index contributed by atoms with van der Waals surface area (Å²) in [6.45, 7) is 1.82. The molecule has 16 heavy (non-hydrogen) atoms. The van der Waals surface area contributed by atoms with Crippen molar-refractivity contribution in [1.29, 1.82) is 0 Å². The van der Waals surface area contributed by atoms with Gasteiger partial charge in [-0.2, -0.15) is 0 Å². The molecule has 1 amide bonds. The zero-order valence-electron chi connectivity index (χ0n) is 9.20. The van der Waals surface area contributed by atoms with Crippen molar-refractivity contribution >= 4 is 21.8 Å². The molecule has 88 valence electrons. The van der Waals surface area contributed by atoms with E-state index in [0.29, 0.717) is 22.8 Å². The summed E-state index contributed by atoms with van der Waals surface area (Å²) >= 11 is 3.19. The first-order valence-corrected chi connectivity index (χ1v) is 6.19. The van der Waals surface area contributed by atoms with Gasteiger partial charge in [-0.1, -0.05) is 0 Å². The molecular formula is C11H15BrN2O2. The minimum absolute atomic E-state index is 0.0825. The molecule has 1 aromatic rings. The highest BCUT2D eigenvalue weighted by molar-refractivity contribution is 9.10. The lowest BCUT2D eigenvalue weighted by Gasteiger charge is -2.19. The first kappa shape index (κ1) is 11.7. The monoisotopic (exact) mass is 286 g/mol. The maximum atomic E-state index is 11.8. The average molecular weight is 287 g/mol. The van der Waals surface area contributed by atoms with Gasteiger partial charge in [0.1, 0.15) is 0 Å². The second-order valence-corrected chi connectivity index (χ2v) is 4.81. The predicted octanol–water partition coefficient (Wildman–Crippen LogP) is 1.87. The van der Waals surface area contributed by atoms with E-state index in [1.54, 1.807) is 6.07 Å². The van der Waals surface area contributed by atoms with Gasteiger partial charge in [0.05, 0.1) is 11.8 Å². The highest BCUT2D eigenvalue weighted by atomic mass is 79.9. The molecule has 1 aliphatic rings. The average Bonchev–Trinajstić information content (AvgIpc) is 2.84. The first-order chi connectivity index (χ1) is 7.68. The van der Waals surface area contributed by atoms with E-state index in [1.807, 2.05) is 0 Å². The van der Waals surface area contributed by atoms with E-state index in [1.165, 1.54) is 12.7 Å². The Bertz CT molecular complexity index is 378. The van der Waals surface area contributed by atoms with Gasteiger partial charge in [-0.15, -0.1) is 0 Å². The second-order valence-electron chi connectivity index (χ2n) is 4.09. The van der Waals surface area contributed by atoms with Gasteiger partial charge in [0.15, 0.2) is 4.67 Å². The standard InChI is InChI=1S/C11H15BrN2O2/c1-14-5-2-3-8(14)7-13-11(15)9-4-6-16-10(9)12/h4,6,8H,2-3,5,7H2,1H3,(H,13,15). The molecule has 1 saturated heterocycles. The Morgan fingerprint density at radius 3 is 3.12 bits per heavy atom. The number of amides is 1. The summed E-state index contributed by atoms with van der Waals surface area (Å²) in [6.07, 6.45) is 3.87. The Balaban J connectivity index is 1.86. The van der Waals surface area contributed by atoms with Crippen LogP contribution < -0.4 is 5.32 Å². The van der Waals surface area contributed by atoms with Gasteiger partial charge in [-0.25, -0.2) is 0 Å². The molecule has 0 radical (unpaired) electrons. The van der Waals surface area contributed by atoms with Crippen molar-refractivity contribution in [3.05, 3.63) is 22.6 Å². The fraction of sp³-hybridized carbons (Fsp3) is 0.545. The van der Waals surface area contributed by atoms with Crippen LogP contribution in [0.5, 0.6) is 0 Å². The zero-order valence-corrected chi connectivity index (χ0v) is 10.8. The quantitative estimate of drug-likeness (QED) is 0.923. The summed E-state index contributed by atoms with van der Waals surface area (Å²) in [5.41, 5.74) is 0.556. The molecule has 0 spiro atoms. The van der Waals surface area contributed by atoms with E-state index in [2.05, 4.69) is 33.2 Å². The van der Waals surface area contributed by atoms with Crippen LogP contribution in [0.2, 0.25) is 0 Å². The largest absolute Gasteiger partial charge is 0.457 e. The van der Waals surface area contributed by atoms with E-state index in [4.69, 9.17) is 4.42 Å². The summed E-state index contributed by atoms with van der Waals surface area (Å²) < 4.78 is 5.51. The van der Waals surface area contributed by atoms with Crippen LogP contribution in [-0.4, -0.2) is 37.0 Å². The molecule has 1 N–H and O–H groups in total. The molecule has 1 unspecified atom stereocenters. The lowest BCUT2D eigenvalue weighted by atomic mass is 10.2. The van der Waals surface area contributed by atoms with Gasteiger partial charge < -0.3 is 14.6 Å². The summed E-state index contributed by atoms with van der Waals surface area (Å²) in [6, 6.07) is 2.13. The molecule has 0 saturated carbocycles. The highest BCUT2D eigenvalue weighted by Gasteiger charge is 2.22. The SMILES string of the molecule is CN1CCCC1CNC(=O)c1ccoc1Br. The van der Waals surface area contributed by atoms with Crippen molar-refractivity contribution in [1.82, 2.24) is 10.2 Å². The van der Waals surface area contributed by atoms with Gasteiger partial charge >= 0.3 is 0 Å². The van der Waals surface area contributed by atoms with Crippen molar-refractivity contribution in [3.8, 4) is 0 Å². The van der Waals surface area contributed by atoms with Crippen LogP contribution in [0.3, 0.4) is 0 Å². The molecule has 5 heteroatoms. The van der Waals surface area contributed by atoms with Crippen LogP contribution in [0.15, 0.2) is 21.4 Å². The Labute approximate surface area is 103 Å². The molecule has 2 rings (SSSR count). The predicted molar refractivity (Wildman–Crippen MR) is 64.4 cm³/mol. The number of nitrogens with zero attached hydrogens (tertiary/aromatic N) is 1. The molecule has 4 nitrogen and oxygen atoms in total. The van der Waals surface area contributed by atoms with Gasteiger partial charge in [0, 0.05) is 12.6 Å². The number of carbonyl (C=O) groups excluding carboxylic acids is 1. The van der Waals surface area contributed by atoms with Crippen molar-refractivity contribution < 1.29 is 9.21 Å². The molecule has 1 aromatic heterocycles. The normalized spacial score (nSPS) is 21.2. The molecule has 0 aromatic carbocycles. The van der Waals surface area contributed by atoms with Gasteiger partial charge in [-0.05, 0) is 48.4 Å². The van der Waals surface area contributed by atoms with Crippen molar-refractivity contribution in [2.75, 3.05) is 20.1 Å². The lowest BCUT2D eigenvalue weighted by molar-refractivity contribution is 0.0942. The zero-order chi connectivity index (χ0) is 11.5. The van der Waals surface area contributed by atoms with Gasteiger partial charge in [0.2, 0.25) is 0 Å². The van der Waals surface area contributed by atoms with Gasteiger partial charge in [-0.3, -0.25) is 4.79 Å². The van der Waals surface area contributed by atoms with Crippen molar-refractivity contribution in [2.45, 2.75) is 18.9 Å². The Morgan fingerprint density at radius 1 is 1.75 bits per heavy atom. The number of hydrogen-bond acceptors (Lipinski definition) is 3. The topological polar surface area (TPSA) is 45.5 Å². The minimum Gasteiger partial charge on any atom is -0.457 e. The lowest BCUT2D eigenvalue weighted by Crippen LogP contribution is -2.38. The van der Waals surface area contributed by atoms with Crippen molar-refractivity contribution in [2.24, 2.45) is 0 Å². The number of nitrogens with one attached hydrogen (secondary N) is 1. The smallest absolute Gasteiger partial charge is 0.255 e. The second kappa shape index (κ2) is 5.01. The van der Waals surface area contributed by atoms with Crippen molar-refractivity contribution in [3.63, 3.8) is 0 Å². The van der Waals surface area contributed by atoms with E-state index in [9.17, 15) is 4.79 Å². The maximum absolute atomic E-state index is 11.8. The third-order valence-corrected chi connectivity index (χ3v) is 3.65. The maximum Gasteiger partial charge on any atom is 0.255 e. The summed E-state index contributed by atoms with van der Waals surface area (Å²) in [5.74, 6) is -0.0825. The molecule has 0 bridgehead atoms. The molecule has 2 heterocycles. The van der Waals surface area contributed by atoms with Crippen LogP contribution in [-0.2, 0) is 0 Å². The number of carbonyl (C=O) groups is 1. The Kier molecular flexibility index (Phi) is 3.66. The third kappa shape index (κ3) is 2.47. The Hall–Kier alpha value is -0.810. The molecule has 0 aliphatic carbocycles. The van der Waals surface area contributed by atoms with Gasteiger partial charge in [0.25, 0.3) is 5.91 Å². The van der Waals surface area contributed by atoms with Crippen LogP contribution in [0.4, 0.5) is 0 Å². The van der Waals surface area contributed by atoms with Crippen LogP contribution in [0.25, 0.3) is 0 Å². The van der Waals surface area contributed by atoms with E-state index < -0.39 is 0 Å². The molecule has 1 fully saturated rings. The summed E-state index contributed by atoms with van der Waals surface area (Å²) in [4.78, 5) is 14.1. The molecule has 1 atom stereocenters. The van der Waals surface area contributed by atoms with E-state index >= 15 is 0 Å². The number of furan rings is 1. The van der Waals surface area contributed by atoms with Crippen LogP contribution in [0, 0.1) is 0 Å². The Morgan fingerprint density at radius 2 is 2.56 bits per heavy atom. The first-order valence-electron chi connectivity index (χ1n) is 5.40. The van der Waals surface area contributed by atoms with E-state index in [0.717, 1.165) is 13.0 Å². The van der Waals surface area contributed by atoms with Crippen LogP contribution in [0.1, 0.15) is 23.2 Å². The fourth-order valence-corrected chi connectivity index (χ4v) is 2.42. The number of likely N-dealkylation sites (tertiary alicyclic amines) is 1. The number of likely N-dealkylation sites (N-methyl/N-ethyl adjacent to an activating group) is 1. The summed E-state index contributed by atoms with van der Waals surface area (Å²) in [5, 5.41) is 2.93. The van der Waals surface area contributed by atoms with E-state index in [-0.39, 0.29) is 5.91 Å². The summed E-state index contributed by atoms with van der Waals surface area (Å²) in [7, 11) is 2.09. The number of rotatable bonds is 3. The number of halogens is 1. The number of hydrogen-bond donors (Lipinski definition) is 1. The molecule has 1 aliphatic heterocycles. The third-order valence-electron chi connectivity index (χ3n) is 3.03. The fourth-order valence-electron chi connectivity index (χ4n) is 2.00.